The van der Waals surface area contributed by atoms with Crippen molar-refractivity contribution in [3.05, 3.63) is 53.1 Å². The van der Waals surface area contributed by atoms with Gasteiger partial charge in [-0.1, -0.05) is 30.7 Å². The van der Waals surface area contributed by atoms with Gasteiger partial charge >= 0.3 is 0 Å². The Morgan fingerprint density at radius 3 is 1.93 bits per heavy atom. The Balaban J connectivity index is 2.48. The summed E-state index contributed by atoms with van der Waals surface area (Å²) in [6.07, 6.45) is 2.14. The average molecular weight is 430 g/mol. The second-order valence-electron chi connectivity index (χ2n) is 6.87. The van der Waals surface area contributed by atoms with Gasteiger partial charge in [0.05, 0.1) is 15.5 Å². The van der Waals surface area contributed by atoms with Crippen molar-refractivity contribution in [1.82, 2.24) is 0 Å². The summed E-state index contributed by atoms with van der Waals surface area (Å²) in [4.78, 5) is 1.85. The standard InChI is InChI=1S/C19H24ClNO4S2/c1-13(15-6-8-16(20)9-7-15)14(2)21(3)18-11-10-17(26(4,22)23)12-19(18)27(5,24)25/h6-14H,1-5H3. The van der Waals surface area contributed by atoms with Crippen LogP contribution in [0.25, 0.3) is 0 Å². The third-order valence-corrected chi connectivity index (χ3v) is 7.36. The molecule has 0 spiro atoms. The highest BCUT2D eigenvalue weighted by Crippen LogP contribution is 2.32. The van der Waals surface area contributed by atoms with E-state index >= 15 is 0 Å². The minimum Gasteiger partial charge on any atom is -0.370 e. The SMILES string of the molecule is CC(c1ccc(Cl)cc1)C(C)N(C)c1ccc(S(C)(=O)=O)cc1S(C)(=O)=O. The highest BCUT2D eigenvalue weighted by molar-refractivity contribution is 7.91. The number of anilines is 1. The molecule has 148 valence electrons. The van der Waals surface area contributed by atoms with Crippen LogP contribution < -0.4 is 4.90 Å². The number of sulfone groups is 2. The van der Waals surface area contributed by atoms with Gasteiger partial charge < -0.3 is 4.90 Å². The highest BCUT2D eigenvalue weighted by atomic mass is 35.5. The molecular formula is C19H24ClNO4S2. The van der Waals surface area contributed by atoms with Gasteiger partial charge in [-0.15, -0.1) is 0 Å². The zero-order valence-electron chi connectivity index (χ0n) is 16.0. The Morgan fingerprint density at radius 1 is 0.889 bits per heavy atom. The molecule has 5 nitrogen and oxygen atoms in total. The summed E-state index contributed by atoms with van der Waals surface area (Å²) in [5, 5.41) is 0.655. The van der Waals surface area contributed by atoms with Crippen LogP contribution in [0, 0.1) is 0 Å². The van der Waals surface area contributed by atoms with E-state index in [2.05, 4.69) is 6.92 Å². The Morgan fingerprint density at radius 2 is 1.44 bits per heavy atom. The maximum atomic E-state index is 12.3. The summed E-state index contributed by atoms with van der Waals surface area (Å²) in [5.74, 6) is 0.0919. The summed E-state index contributed by atoms with van der Waals surface area (Å²) in [7, 11) is -5.31. The zero-order chi connectivity index (χ0) is 20.6. The monoisotopic (exact) mass is 429 g/mol. The number of likely N-dealkylation sites (N-methyl/N-ethyl adjacent to an activating group) is 1. The van der Waals surface area contributed by atoms with Gasteiger partial charge in [-0.3, -0.25) is 0 Å². The van der Waals surface area contributed by atoms with E-state index in [-0.39, 0.29) is 21.8 Å². The summed E-state index contributed by atoms with van der Waals surface area (Å²) < 4.78 is 48.3. The minimum atomic E-state index is -3.61. The zero-order valence-corrected chi connectivity index (χ0v) is 18.4. The third kappa shape index (κ3) is 5.03. The van der Waals surface area contributed by atoms with Gasteiger partial charge in [0.15, 0.2) is 19.7 Å². The van der Waals surface area contributed by atoms with Crippen LogP contribution in [-0.2, 0) is 19.7 Å². The lowest BCUT2D eigenvalue weighted by molar-refractivity contribution is 0.573. The topological polar surface area (TPSA) is 71.5 Å². The fourth-order valence-corrected chi connectivity index (χ4v) is 4.69. The van der Waals surface area contributed by atoms with E-state index in [9.17, 15) is 16.8 Å². The van der Waals surface area contributed by atoms with E-state index in [0.717, 1.165) is 18.1 Å². The summed E-state index contributed by atoms with van der Waals surface area (Å²) in [5.41, 5.74) is 1.55. The van der Waals surface area contributed by atoms with Gasteiger partial charge in [-0.25, -0.2) is 16.8 Å². The van der Waals surface area contributed by atoms with E-state index in [1.165, 1.54) is 12.1 Å². The lowest BCUT2D eigenvalue weighted by atomic mass is 9.93. The summed E-state index contributed by atoms with van der Waals surface area (Å²) in [6, 6.07) is 11.7. The Labute approximate surface area is 166 Å². The third-order valence-electron chi connectivity index (χ3n) is 4.87. The predicted octanol–water partition coefficient (Wildman–Crippen LogP) is 3.78. The fraction of sp³-hybridized carbons (Fsp3) is 0.368. The largest absolute Gasteiger partial charge is 0.370 e. The lowest BCUT2D eigenvalue weighted by Crippen LogP contribution is -2.34. The number of nitrogens with zero attached hydrogens (tertiary/aromatic N) is 1. The maximum Gasteiger partial charge on any atom is 0.177 e. The highest BCUT2D eigenvalue weighted by Gasteiger charge is 2.25. The molecule has 0 radical (unpaired) electrons. The first-order valence-electron chi connectivity index (χ1n) is 8.35. The second kappa shape index (κ2) is 7.81. The second-order valence-corrected chi connectivity index (χ2v) is 11.3. The van der Waals surface area contributed by atoms with Gasteiger partial charge in [0, 0.05) is 36.5 Å². The lowest BCUT2D eigenvalue weighted by Gasteiger charge is -2.33. The molecule has 0 fully saturated rings. The van der Waals surface area contributed by atoms with Crippen molar-refractivity contribution in [1.29, 1.82) is 0 Å². The van der Waals surface area contributed by atoms with Crippen LogP contribution in [0.3, 0.4) is 0 Å². The molecule has 0 saturated carbocycles. The van der Waals surface area contributed by atoms with Gasteiger partial charge in [-0.2, -0.15) is 0 Å². The molecule has 2 atom stereocenters. The molecule has 8 heteroatoms. The Hall–Kier alpha value is -1.57. The number of halogens is 1. The first-order valence-corrected chi connectivity index (χ1v) is 12.5. The molecule has 0 N–H and O–H groups in total. The summed E-state index contributed by atoms with van der Waals surface area (Å²) >= 11 is 5.95. The maximum absolute atomic E-state index is 12.3. The van der Waals surface area contributed by atoms with Gasteiger partial charge in [0.25, 0.3) is 0 Å². The molecule has 2 aromatic carbocycles. The first kappa shape index (κ1) is 21.7. The number of hydrogen-bond donors (Lipinski definition) is 0. The predicted molar refractivity (Wildman–Crippen MR) is 110 cm³/mol. The molecule has 0 heterocycles. The van der Waals surface area contributed by atoms with Crippen LogP contribution >= 0.6 is 11.6 Å². The Bertz CT molecular complexity index is 1030. The number of benzene rings is 2. The van der Waals surface area contributed by atoms with E-state index in [0.29, 0.717) is 10.7 Å². The normalized spacial score (nSPS) is 14.6. The molecule has 27 heavy (non-hydrogen) atoms. The molecule has 2 unspecified atom stereocenters. The average Bonchev–Trinajstić information content (AvgIpc) is 2.58. The van der Waals surface area contributed by atoms with Gasteiger partial charge in [-0.05, 0) is 42.8 Å². The molecular weight excluding hydrogens is 406 g/mol. The Kier molecular flexibility index (Phi) is 6.29. The van der Waals surface area contributed by atoms with Crippen molar-refractivity contribution in [2.75, 3.05) is 24.5 Å². The van der Waals surface area contributed by atoms with Crippen LogP contribution in [0.15, 0.2) is 52.3 Å². The van der Waals surface area contributed by atoms with Crippen molar-refractivity contribution < 1.29 is 16.8 Å². The molecule has 2 rings (SSSR count). The van der Waals surface area contributed by atoms with E-state index in [1.54, 1.807) is 13.1 Å². The van der Waals surface area contributed by atoms with Gasteiger partial charge in [0.1, 0.15) is 0 Å². The molecule has 0 amide bonds. The van der Waals surface area contributed by atoms with Crippen LogP contribution in [0.1, 0.15) is 25.3 Å². The molecule has 0 aromatic heterocycles. The molecule has 0 aliphatic rings. The molecule has 2 aromatic rings. The van der Waals surface area contributed by atoms with Crippen molar-refractivity contribution in [3.8, 4) is 0 Å². The van der Waals surface area contributed by atoms with Crippen LogP contribution in [-0.4, -0.2) is 42.4 Å². The fourth-order valence-electron chi connectivity index (χ4n) is 2.91. The van der Waals surface area contributed by atoms with E-state index < -0.39 is 19.7 Å². The van der Waals surface area contributed by atoms with Crippen LogP contribution in [0.4, 0.5) is 5.69 Å². The number of hydrogen-bond acceptors (Lipinski definition) is 5. The van der Waals surface area contributed by atoms with Crippen molar-refractivity contribution in [2.24, 2.45) is 0 Å². The van der Waals surface area contributed by atoms with Crippen LogP contribution in [0.5, 0.6) is 0 Å². The van der Waals surface area contributed by atoms with Crippen molar-refractivity contribution >= 4 is 37.0 Å². The summed E-state index contributed by atoms with van der Waals surface area (Å²) in [6.45, 7) is 4.05. The molecule has 0 aliphatic heterocycles. The van der Waals surface area contributed by atoms with Gasteiger partial charge in [0.2, 0.25) is 0 Å². The number of rotatable bonds is 6. The smallest absolute Gasteiger partial charge is 0.177 e. The van der Waals surface area contributed by atoms with Crippen molar-refractivity contribution in [3.63, 3.8) is 0 Å². The molecule has 0 saturated heterocycles. The van der Waals surface area contributed by atoms with E-state index in [1.807, 2.05) is 36.1 Å². The first-order chi connectivity index (χ1) is 12.3. The molecule has 0 aliphatic carbocycles. The minimum absolute atomic E-state index is 0.00285. The molecule has 0 bridgehead atoms. The quantitative estimate of drug-likeness (QED) is 0.698. The van der Waals surface area contributed by atoms with Crippen molar-refractivity contribution in [2.45, 2.75) is 35.6 Å². The van der Waals surface area contributed by atoms with E-state index in [4.69, 9.17) is 11.6 Å². The van der Waals surface area contributed by atoms with Crippen LogP contribution in [0.2, 0.25) is 5.02 Å².